The average Bonchev–Trinajstić information content (AvgIpc) is 3.79. The monoisotopic (exact) mass is 830 g/mol. The van der Waals surface area contributed by atoms with E-state index in [1.54, 1.807) is 0 Å². The van der Waals surface area contributed by atoms with Crippen molar-refractivity contribution in [3.8, 4) is 39.1 Å². The van der Waals surface area contributed by atoms with Crippen molar-refractivity contribution in [1.29, 1.82) is 0 Å². The molecule has 3 aliphatic rings. The van der Waals surface area contributed by atoms with Crippen LogP contribution in [-0.2, 0) is 5.41 Å². The van der Waals surface area contributed by atoms with Crippen molar-refractivity contribution in [1.82, 2.24) is 4.57 Å². The van der Waals surface area contributed by atoms with Crippen molar-refractivity contribution in [3.05, 3.63) is 264 Å². The molecule has 2 heteroatoms. The summed E-state index contributed by atoms with van der Waals surface area (Å²) >= 11 is 0. The van der Waals surface area contributed by atoms with Crippen LogP contribution in [0.4, 0.5) is 17.1 Å². The molecule has 3 aliphatic carbocycles. The highest BCUT2D eigenvalue weighted by Crippen LogP contribution is 2.61. The molecular formula is C63H46N2. The smallest absolute Gasteiger partial charge is 0.0714 e. The lowest BCUT2D eigenvalue weighted by molar-refractivity contribution is 0.585. The summed E-state index contributed by atoms with van der Waals surface area (Å²) < 4.78 is 2.38. The summed E-state index contributed by atoms with van der Waals surface area (Å²) in [5.74, 6) is 0.811. The number of allylic oxidation sites excluding steroid dienone is 4. The van der Waals surface area contributed by atoms with Crippen LogP contribution < -0.4 is 4.90 Å². The number of hydrogen-bond donors (Lipinski definition) is 0. The van der Waals surface area contributed by atoms with Gasteiger partial charge in [-0.3, -0.25) is 0 Å². The summed E-state index contributed by atoms with van der Waals surface area (Å²) in [6.07, 6.45) is 8.59. The van der Waals surface area contributed by atoms with E-state index in [2.05, 4.69) is 253 Å². The summed E-state index contributed by atoms with van der Waals surface area (Å²) in [4.78, 5) is 2.46. The van der Waals surface area contributed by atoms with E-state index in [4.69, 9.17) is 0 Å². The molecule has 2 unspecified atom stereocenters. The van der Waals surface area contributed by atoms with E-state index in [0.717, 1.165) is 23.5 Å². The number of hydrogen-bond acceptors (Lipinski definition) is 1. The van der Waals surface area contributed by atoms with Crippen LogP contribution in [0.2, 0.25) is 0 Å². The summed E-state index contributed by atoms with van der Waals surface area (Å²) in [5, 5.41) is 2.51. The molecule has 0 saturated heterocycles. The van der Waals surface area contributed by atoms with Crippen molar-refractivity contribution >= 4 is 38.9 Å². The third-order valence-corrected chi connectivity index (χ3v) is 14.5. The van der Waals surface area contributed by atoms with E-state index in [1.165, 1.54) is 88.7 Å². The fraction of sp³-hybridized carbons (Fsp3) is 0.0794. The van der Waals surface area contributed by atoms with Gasteiger partial charge in [-0.15, -0.1) is 0 Å². The van der Waals surface area contributed by atoms with Gasteiger partial charge in [-0.1, -0.05) is 177 Å². The van der Waals surface area contributed by atoms with Gasteiger partial charge in [-0.25, -0.2) is 0 Å². The third kappa shape index (κ3) is 5.80. The second-order valence-corrected chi connectivity index (χ2v) is 18.1. The third-order valence-electron chi connectivity index (χ3n) is 14.5. The zero-order chi connectivity index (χ0) is 43.1. The molecule has 0 radical (unpaired) electrons. The van der Waals surface area contributed by atoms with Gasteiger partial charge in [0.25, 0.3) is 0 Å². The van der Waals surface area contributed by atoms with Crippen LogP contribution in [0.3, 0.4) is 0 Å². The van der Waals surface area contributed by atoms with Crippen LogP contribution in [0.1, 0.15) is 41.5 Å². The Morgan fingerprint density at radius 2 is 1.02 bits per heavy atom. The van der Waals surface area contributed by atoms with Crippen LogP contribution in [0.5, 0.6) is 0 Å². The minimum Gasteiger partial charge on any atom is -0.310 e. The molecule has 0 amide bonds. The Bertz CT molecular complexity index is 3470. The zero-order valence-corrected chi connectivity index (χ0v) is 36.3. The lowest BCUT2D eigenvalue weighted by atomic mass is 9.61. The lowest BCUT2D eigenvalue weighted by Gasteiger charge is -2.41. The topological polar surface area (TPSA) is 8.17 Å². The highest BCUT2D eigenvalue weighted by molar-refractivity contribution is 6.10. The molecule has 2 bridgehead atoms. The van der Waals surface area contributed by atoms with Crippen LogP contribution in [0, 0.1) is 5.92 Å². The van der Waals surface area contributed by atoms with Gasteiger partial charge in [-0.2, -0.15) is 0 Å². The quantitative estimate of drug-likeness (QED) is 0.162. The molecule has 1 heterocycles. The predicted octanol–water partition coefficient (Wildman–Crippen LogP) is 16.5. The van der Waals surface area contributed by atoms with Gasteiger partial charge < -0.3 is 9.47 Å². The number of benzene rings is 9. The van der Waals surface area contributed by atoms with E-state index in [1.807, 2.05) is 0 Å². The molecule has 0 saturated carbocycles. The predicted molar refractivity (Wildman–Crippen MR) is 272 cm³/mol. The molecule has 1 spiro atoms. The molecule has 0 N–H and O–H groups in total. The first kappa shape index (κ1) is 37.6. The van der Waals surface area contributed by atoms with E-state index < -0.39 is 5.41 Å². The van der Waals surface area contributed by atoms with E-state index >= 15 is 0 Å². The Balaban J connectivity index is 0.974. The fourth-order valence-corrected chi connectivity index (χ4v) is 11.6. The molecule has 308 valence electrons. The van der Waals surface area contributed by atoms with Crippen molar-refractivity contribution in [3.63, 3.8) is 0 Å². The van der Waals surface area contributed by atoms with E-state index in [0.29, 0.717) is 11.8 Å². The first-order valence-corrected chi connectivity index (χ1v) is 23.0. The zero-order valence-electron chi connectivity index (χ0n) is 36.3. The van der Waals surface area contributed by atoms with Gasteiger partial charge in [0.1, 0.15) is 0 Å². The molecular weight excluding hydrogens is 785 g/mol. The first-order valence-electron chi connectivity index (χ1n) is 23.0. The number of anilines is 3. The summed E-state index contributed by atoms with van der Waals surface area (Å²) in [7, 11) is 0. The minimum atomic E-state index is -0.426. The average molecular weight is 831 g/mol. The Morgan fingerprint density at radius 1 is 0.462 bits per heavy atom. The first-order chi connectivity index (χ1) is 32.1. The second kappa shape index (κ2) is 14.8. The molecule has 65 heavy (non-hydrogen) atoms. The van der Waals surface area contributed by atoms with E-state index in [9.17, 15) is 0 Å². The maximum atomic E-state index is 2.59. The van der Waals surface area contributed by atoms with Crippen molar-refractivity contribution < 1.29 is 0 Å². The van der Waals surface area contributed by atoms with Gasteiger partial charge in [0.2, 0.25) is 0 Å². The largest absolute Gasteiger partial charge is 0.310 e. The number of rotatable bonds is 6. The minimum absolute atomic E-state index is 0.335. The summed E-state index contributed by atoms with van der Waals surface area (Å²) in [6, 6.07) is 81.0. The van der Waals surface area contributed by atoms with E-state index in [-0.39, 0.29) is 0 Å². The molecule has 0 aliphatic heterocycles. The van der Waals surface area contributed by atoms with Gasteiger partial charge in [0.15, 0.2) is 0 Å². The maximum absolute atomic E-state index is 2.59. The standard InChI is InChI=1S/C63H46N2/c1-42-24-30-48-39-47(38-42)53-36-35-52(41-60(53)63(48)58-21-11-8-18-54(58)55-19-9-12-22-59(55)63)64(50-31-25-44(26-32-50)43-14-4-2-5-15-43)51-33-27-45(28-34-51)46-29-37-62-57(40-46)56-20-10-13-23-61(56)65(62)49-16-6-3-7-17-49/h2-37,39-42,47H,38H2,1H3. The van der Waals surface area contributed by atoms with Gasteiger partial charge in [0.05, 0.1) is 16.4 Å². The molecule has 2 nitrogen and oxygen atoms in total. The van der Waals surface area contributed by atoms with Crippen molar-refractivity contribution in [2.45, 2.75) is 24.7 Å². The molecule has 13 rings (SSSR count). The van der Waals surface area contributed by atoms with Crippen molar-refractivity contribution in [2.75, 3.05) is 4.90 Å². The molecule has 2 atom stereocenters. The maximum Gasteiger partial charge on any atom is 0.0714 e. The summed E-state index contributed by atoms with van der Waals surface area (Å²) in [5.41, 5.74) is 21.0. The molecule has 0 fully saturated rings. The Labute approximate surface area is 380 Å². The second-order valence-electron chi connectivity index (χ2n) is 18.1. The lowest BCUT2D eigenvalue weighted by Crippen LogP contribution is -2.33. The van der Waals surface area contributed by atoms with Crippen LogP contribution in [0.15, 0.2) is 242 Å². The fourth-order valence-electron chi connectivity index (χ4n) is 11.6. The van der Waals surface area contributed by atoms with Gasteiger partial charge in [0, 0.05) is 39.4 Å². The highest BCUT2D eigenvalue weighted by atomic mass is 15.1. The summed E-state index contributed by atoms with van der Waals surface area (Å²) in [6.45, 7) is 2.37. The number of nitrogens with zero attached hydrogens (tertiary/aromatic N) is 2. The highest BCUT2D eigenvalue weighted by Gasteiger charge is 2.50. The van der Waals surface area contributed by atoms with Gasteiger partial charge in [-0.05, 0) is 140 Å². The van der Waals surface area contributed by atoms with Crippen LogP contribution in [0.25, 0.3) is 60.9 Å². The number of para-hydroxylation sites is 2. The molecule has 10 aromatic rings. The van der Waals surface area contributed by atoms with Crippen molar-refractivity contribution in [2.24, 2.45) is 5.92 Å². The Kier molecular flexibility index (Phi) is 8.58. The number of aromatic nitrogens is 1. The van der Waals surface area contributed by atoms with Crippen LogP contribution >= 0.6 is 0 Å². The van der Waals surface area contributed by atoms with Gasteiger partial charge >= 0.3 is 0 Å². The Hall–Kier alpha value is -7.94. The van der Waals surface area contributed by atoms with Crippen LogP contribution in [-0.4, -0.2) is 4.57 Å². The molecule has 9 aromatic carbocycles. The molecule has 1 aromatic heterocycles. The Morgan fingerprint density at radius 3 is 1.72 bits per heavy atom. The number of fused-ring (bicyclic) bond motifs is 13. The normalized spacial score (nSPS) is 16.5. The SMILES string of the molecule is CC1C=CC2=CC(C1)c1ccc(N(c3ccc(-c4ccccc4)cc3)c3ccc(-c4ccc5c(c4)c4ccccc4n5-c4ccccc4)cc3)cc1C21c2ccccc2-c2ccccc21.